The molecule has 1 aromatic heterocycles. The Balaban J connectivity index is 1.44. The van der Waals surface area contributed by atoms with Gasteiger partial charge in [-0.3, -0.25) is 0 Å². The van der Waals surface area contributed by atoms with Crippen molar-refractivity contribution >= 4 is 11.8 Å². The maximum absolute atomic E-state index is 4.11. The van der Waals surface area contributed by atoms with Gasteiger partial charge < -0.3 is 5.32 Å². The van der Waals surface area contributed by atoms with Crippen molar-refractivity contribution in [3.8, 4) is 5.69 Å². The van der Waals surface area contributed by atoms with Crippen molar-refractivity contribution in [2.24, 2.45) is 0 Å². The van der Waals surface area contributed by atoms with Crippen molar-refractivity contribution < 1.29 is 0 Å². The van der Waals surface area contributed by atoms with Crippen LogP contribution in [0.3, 0.4) is 0 Å². The molecule has 5 nitrogen and oxygen atoms in total. The fourth-order valence-corrected chi connectivity index (χ4v) is 3.22. The van der Waals surface area contributed by atoms with E-state index >= 15 is 0 Å². The number of nitrogens with zero attached hydrogens (tertiary/aromatic N) is 4. The molecule has 1 heterocycles. The molecule has 3 aromatic rings. The van der Waals surface area contributed by atoms with E-state index in [1.807, 2.05) is 30.3 Å². The molecule has 0 saturated heterocycles. The molecule has 0 radical (unpaired) electrons. The number of hydrogen-bond donors (Lipinski definition) is 1. The van der Waals surface area contributed by atoms with Gasteiger partial charge in [0.05, 0.1) is 5.69 Å². The zero-order valence-electron chi connectivity index (χ0n) is 13.7. The van der Waals surface area contributed by atoms with E-state index in [2.05, 4.69) is 58.1 Å². The molecule has 0 amide bonds. The molecule has 1 atom stereocenters. The molecule has 0 bridgehead atoms. The van der Waals surface area contributed by atoms with Crippen LogP contribution in [0.1, 0.15) is 18.4 Å². The number of nitrogens with one attached hydrogen (secondary N) is 1. The highest BCUT2D eigenvalue weighted by atomic mass is 32.2. The van der Waals surface area contributed by atoms with Crippen molar-refractivity contribution in [1.82, 2.24) is 25.5 Å². The number of thioether (sulfide) groups is 1. The van der Waals surface area contributed by atoms with Crippen LogP contribution in [0.15, 0.2) is 65.8 Å². The number of rotatable bonds is 8. The summed E-state index contributed by atoms with van der Waals surface area (Å²) < 4.78 is 1.78. The van der Waals surface area contributed by atoms with Crippen LogP contribution in [-0.2, 0) is 0 Å². The fraction of sp³-hybridized carbons (Fsp3) is 0.278. The Labute approximate surface area is 146 Å². The monoisotopic (exact) mass is 339 g/mol. The van der Waals surface area contributed by atoms with Crippen LogP contribution in [0, 0.1) is 0 Å². The Bertz CT molecular complexity index is 729. The average molecular weight is 339 g/mol. The maximum Gasteiger partial charge on any atom is 0.214 e. The quantitative estimate of drug-likeness (QED) is 0.505. The first-order chi connectivity index (χ1) is 11.8. The second kappa shape index (κ2) is 8.61. The van der Waals surface area contributed by atoms with E-state index in [4.69, 9.17) is 0 Å². The minimum absolute atomic E-state index is 0.505. The van der Waals surface area contributed by atoms with E-state index < -0.39 is 0 Å². The molecule has 0 spiro atoms. The van der Waals surface area contributed by atoms with Gasteiger partial charge in [-0.05, 0) is 34.0 Å². The molecular formula is C18H21N5S. The highest BCUT2D eigenvalue weighted by molar-refractivity contribution is 7.99. The molecule has 0 aliphatic carbocycles. The van der Waals surface area contributed by atoms with Crippen LogP contribution in [-0.4, -0.2) is 39.0 Å². The van der Waals surface area contributed by atoms with Crippen LogP contribution < -0.4 is 5.32 Å². The van der Waals surface area contributed by atoms with Gasteiger partial charge in [-0.15, -0.1) is 5.10 Å². The third kappa shape index (κ3) is 4.43. The number of benzene rings is 2. The Morgan fingerprint density at radius 2 is 1.75 bits per heavy atom. The van der Waals surface area contributed by atoms with Crippen molar-refractivity contribution in [3.05, 3.63) is 66.2 Å². The summed E-state index contributed by atoms with van der Waals surface area (Å²) in [6.07, 6.45) is 0. The predicted molar refractivity (Wildman–Crippen MR) is 97.6 cm³/mol. The summed E-state index contributed by atoms with van der Waals surface area (Å²) in [5.74, 6) is 1.43. The van der Waals surface area contributed by atoms with E-state index in [9.17, 15) is 0 Å². The number of hydrogen-bond acceptors (Lipinski definition) is 5. The highest BCUT2D eigenvalue weighted by Crippen LogP contribution is 2.17. The van der Waals surface area contributed by atoms with Gasteiger partial charge in [0.15, 0.2) is 0 Å². The first kappa shape index (κ1) is 16.7. The Morgan fingerprint density at radius 1 is 1.04 bits per heavy atom. The van der Waals surface area contributed by atoms with Gasteiger partial charge in [-0.2, -0.15) is 4.68 Å². The summed E-state index contributed by atoms with van der Waals surface area (Å²) in [5, 5.41) is 16.3. The van der Waals surface area contributed by atoms with Gasteiger partial charge in [0, 0.05) is 18.8 Å². The second-order valence-electron chi connectivity index (χ2n) is 5.57. The third-order valence-corrected chi connectivity index (χ3v) is 4.69. The third-order valence-electron chi connectivity index (χ3n) is 3.77. The van der Waals surface area contributed by atoms with Crippen LogP contribution in [0.2, 0.25) is 0 Å². The standard InChI is InChI=1S/C18H21N5S/c1-15(16-8-4-2-5-9-16)14-19-12-13-24-18-20-21-22-23(18)17-10-6-3-7-11-17/h2-11,15,19H,12-14H2,1H3/t15-/m0/s1. The van der Waals surface area contributed by atoms with Gasteiger partial charge in [0.2, 0.25) is 5.16 Å². The highest BCUT2D eigenvalue weighted by Gasteiger charge is 2.08. The zero-order chi connectivity index (χ0) is 16.6. The van der Waals surface area contributed by atoms with Crippen molar-refractivity contribution in [3.63, 3.8) is 0 Å². The van der Waals surface area contributed by atoms with Gasteiger partial charge >= 0.3 is 0 Å². The number of tetrazole rings is 1. The lowest BCUT2D eigenvalue weighted by Crippen LogP contribution is -2.22. The number of aromatic nitrogens is 4. The summed E-state index contributed by atoms with van der Waals surface area (Å²) in [4.78, 5) is 0. The van der Waals surface area contributed by atoms with Crippen LogP contribution in [0.5, 0.6) is 0 Å². The summed E-state index contributed by atoms with van der Waals surface area (Å²) >= 11 is 1.66. The molecule has 3 rings (SSSR count). The maximum atomic E-state index is 4.11. The lowest BCUT2D eigenvalue weighted by Gasteiger charge is -2.12. The summed E-state index contributed by atoms with van der Waals surface area (Å²) in [6.45, 7) is 4.13. The molecule has 0 fully saturated rings. The van der Waals surface area contributed by atoms with E-state index in [1.54, 1.807) is 16.4 Å². The van der Waals surface area contributed by atoms with Crippen LogP contribution in [0.4, 0.5) is 0 Å². The molecular weight excluding hydrogens is 318 g/mol. The lowest BCUT2D eigenvalue weighted by atomic mass is 10.0. The van der Waals surface area contributed by atoms with Gasteiger partial charge in [-0.25, -0.2) is 0 Å². The number of para-hydroxylation sites is 1. The van der Waals surface area contributed by atoms with E-state index in [1.165, 1.54) is 5.56 Å². The summed E-state index contributed by atoms with van der Waals surface area (Å²) in [5.41, 5.74) is 2.35. The molecule has 0 aliphatic heterocycles. The Hall–Kier alpha value is -2.18. The molecule has 0 aliphatic rings. The predicted octanol–water partition coefficient (Wildman–Crippen LogP) is 3.15. The molecule has 24 heavy (non-hydrogen) atoms. The Morgan fingerprint density at radius 3 is 2.50 bits per heavy atom. The zero-order valence-corrected chi connectivity index (χ0v) is 14.5. The van der Waals surface area contributed by atoms with Crippen molar-refractivity contribution in [2.75, 3.05) is 18.8 Å². The van der Waals surface area contributed by atoms with Gasteiger partial charge in [-0.1, -0.05) is 67.2 Å². The van der Waals surface area contributed by atoms with Gasteiger partial charge in [0.25, 0.3) is 0 Å². The molecule has 124 valence electrons. The minimum atomic E-state index is 0.505. The summed E-state index contributed by atoms with van der Waals surface area (Å²) in [7, 11) is 0. The topological polar surface area (TPSA) is 55.6 Å². The normalized spacial score (nSPS) is 12.2. The molecule has 6 heteroatoms. The van der Waals surface area contributed by atoms with Gasteiger partial charge in [0.1, 0.15) is 0 Å². The van der Waals surface area contributed by atoms with Crippen LogP contribution >= 0.6 is 11.8 Å². The summed E-state index contributed by atoms with van der Waals surface area (Å²) in [6, 6.07) is 20.5. The molecule has 0 unspecified atom stereocenters. The first-order valence-corrected chi connectivity index (χ1v) is 9.05. The van der Waals surface area contributed by atoms with E-state index in [-0.39, 0.29) is 0 Å². The van der Waals surface area contributed by atoms with E-state index in [0.29, 0.717) is 5.92 Å². The molecule has 2 aromatic carbocycles. The fourth-order valence-electron chi connectivity index (χ4n) is 2.43. The first-order valence-electron chi connectivity index (χ1n) is 8.07. The minimum Gasteiger partial charge on any atom is -0.315 e. The largest absolute Gasteiger partial charge is 0.315 e. The smallest absolute Gasteiger partial charge is 0.214 e. The Kier molecular flexibility index (Phi) is 5.98. The van der Waals surface area contributed by atoms with Crippen molar-refractivity contribution in [1.29, 1.82) is 0 Å². The second-order valence-corrected chi connectivity index (χ2v) is 6.64. The molecule has 0 saturated carbocycles. The van der Waals surface area contributed by atoms with E-state index in [0.717, 1.165) is 29.7 Å². The SMILES string of the molecule is C[C@@H](CNCCSc1nnnn1-c1ccccc1)c1ccccc1. The molecule has 1 N–H and O–H groups in total. The average Bonchev–Trinajstić information content (AvgIpc) is 3.11. The van der Waals surface area contributed by atoms with Crippen molar-refractivity contribution in [2.45, 2.75) is 18.0 Å². The van der Waals surface area contributed by atoms with Crippen LogP contribution in [0.25, 0.3) is 5.69 Å². The lowest BCUT2D eigenvalue weighted by molar-refractivity contribution is 0.637.